The lowest BCUT2D eigenvalue weighted by molar-refractivity contribution is -0.0504. The number of benzene rings is 1. The number of rotatable bonds is 3. The van der Waals surface area contributed by atoms with E-state index in [4.69, 9.17) is 5.11 Å². The molecule has 2 nitrogen and oxygen atoms in total. The van der Waals surface area contributed by atoms with Gasteiger partial charge in [0.1, 0.15) is 5.75 Å². The van der Waals surface area contributed by atoms with Crippen molar-refractivity contribution in [3.05, 3.63) is 26.6 Å². The maximum Gasteiger partial charge on any atom is 0.387 e. The van der Waals surface area contributed by atoms with E-state index in [1.807, 2.05) is 0 Å². The maximum absolute atomic E-state index is 11.9. The standard InChI is InChI=1S/C8H6Br2F2O2/c9-5-2-6(10)7(14-8(11)12)1-4(5)3-13/h1-2,8,13H,3H2. The van der Waals surface area contributed by atoms with Gasteiger partial charge in [0.05, 0.1) is 11.1 Å². The molecule has 0 saturated heterocycles. The van der Waals surface area contributed by atoms with Crippen LogP contribution in [-0.4, -0.2) is 11.7 Å². The van der Waals surface area contributed by atoms with Gasteiger partial charge in [-0.3, -0.25) is 0 Å². The average molecular weight is 332 g/mol. The minimum Gasteiger partial charge on any atom is -0.434 e. The van der Waals surface area contributed by atoms with Crippen molar-refractivity contribution in [3.63, 3.8) is 0 Å². The zero-order valence-electron chi connectivity index (χ0n) is 6.81. The third-order valence-electron chi connectivity index (χ3n) is 1.49. The number of hydrogen-bond acceptors (Lipinski definition) is 2. The largest absolute Gasteiger partial charge is 0.434 e. The molecule has 0 aliphatic rings. The minimum atomic E-state index is -2.88. The third-order valence-corrected chi connectivity index (χ3v) is 2.85. The Kier molecular flexibility index (Phi) is 4.28. The molecule has 0 aliphatic heterocycles. The molecule has 1 rings (SSSR count). The number of ether oxygens (including phenoxy) is 1. The highest BCUT2D eigenvalue weighted by molar-refractivity contribution is 9.11. The van der Waals surface area contributed by atoms with E-state index < -0.39 is 6.61 Å². The van der Waals surface area contributed by atoms with Crippen molar-refractivity contribution in [1.29, 1.82) is 0 Å². The summed E-state index contributed by atoms with van der Waals surface area (Å²) in [5.41, 5.74) is 0.490. The first-order chi connectivity index (χ1) is 6.54. The van der Waals surface area contributed by atoms with E-state index in [1.54, 1.807) is 6.07 Å². The molecule has 0 amide bonds. The molecule has 0 heterocycles. The highest BCUT2D eigenvalue weighted by Crippen LogP contribution is 2.32. The molecule has 6 heteroatoms. The van der Waals surface area contributed by atoms with Gasteiger partial charge in [0, 0.05) is 4.47 Å². The molecule has 0 fully saturated rings. The van der Waals surface area contributed by atoms with Crippen molar-refractivity contribution in [3.8, 4) is 5.75 Å². The number of aliphatic hydroxyl groups is 1. The summed E-state index contributed by atoms with van der Waals surface area (Å²) in [6.07, 6.45) is 0. The Labute approximate surface area is 96.1 Å². The van der Waals surface area contributed by atoms with Gasteiger partial charge >= 0.3 is 6.61 Å². The summed E-state index contributed by atoms with van der Waals surface area (Å²) >= 11 is 6.24. The van der Waals surface area contributed by atoms with Crippen LogP contribution in [0.2, 0.25) is 0 Å². The fraction of sp³-hybridized carbons (Fsp3) is 0.250. The average Bonchev–Trinajstić information content (AvgIpc) is 2.09. The summed E-state index contributed by atoms with van der Waals surface area (Å²) in [5, 5.41) is 8.88. The maximum atomic E-state index is 11.9. The number of halogens is 4. The first-order valence-corrected chi connectivity index (χ1v) is 5.16. The molecule has 0 aliphatic carbocycles. The molecule has 0 radical (unpaired) electrons. The molecule has 78 valence electrons. The Bertz CT molecular complexity index is 331. The molecule has 1 N–H and O–H groups in total. The van der Waals surface area contributed by atoms with Gasteiger partial charge in [-0.05, 0) is 33.6 Å². The number of alkyl halides is 2. The molecule has 0 bridgehead atoms. The van der Waals surface area contributed by atoms with Gasteiger partial charge in [-0.15, -0.1) is 0 Å². The Morgan fingerprint density at radius 2 is 1.93 bits per heavy atom. The van der Waals surface area contributed by atoms with Gasteiger partial charge < -0.3 is 9.84 Å². The van der Waals surface area contributed by atoms with Crippen LogP contribution in [0.15, 0.2) is 21.1 Å². The van der Waals surface area contributed by atoms with Gasteiger partial charge in [0.25, 0.3) is 0 Å². The van der Waals surface area contributed by atoms with E-state index in [0.29, 0.717) is 14.5 Å². The molecular formula is C8H6Br2F2O2. The predicted molar refractivity (Wildman–Crippen MR) is 54.4 cm³/mol. The predicted octanol–water partition coefficient (Wildman–Crippen LogP) is 3.31. The van der Waals surface area contributed by atoms with E-state index >= 15 is 0 Å². The molecule has 1 aromatic rings. The van der Waals surface area contributed by atoms with Crippen LogP contribution in [0, 0.1) is 0 Å². The lowest BCUT2D eigenvalue weighted by Crippen LogP contribution is -2.03. The topological polar surface area (TPSA) is 29.5 Å². The molecule has 14 heavy (non-hydrogen) atoms. The molecule has 1 aromatic carbocycles. The van der Waals surface area contributed by atoms with Crippen molar-refractivity contribution in [1.82, 2.24) is 0 Å². The second-order valence-corrected chi connectivity index (χ2v) is 4.12. The second-order valence-electron chi connectivity index (χ2n) is 2.41. The molecule has 0 spiro atoms. The Morgan fingerprint density at radius 1 is 1.29 bits per heavy atom. The Balaban J connectivity index is 3.04. The van der Waals surface area contributed by atoms with Crippen molar-refractivity contribution < 1.29 is 18.6 Å². The van der Waals surface area contributed by atoms with Crippen molar-refractivity contribution in [2.24, 2.45) is 0 Å². The van der Waals surface area contributed by atoms with Gasteiger partial charge in [-0.2, -0.15) is 8.78 Å². The first-order valence-electron chi connectivity index (χ1n) is 3.58. The van der Waals surface area contributed by atoms with Crippen molar-refractivity contribution >= 4 is 31.9 Å². The Morgan fingerprint density at radius 3 is 2.43 bits per heavy atom. The monoisotopic (exact) mass is 330 g/mol. The summed E-state index contributed by atoms with van der Waals surface area (Å²) in [7, 11) is 0. The fourth-order valence-electron chi connectivity index (χ4n) is 0.879. The van der Waals surface area contributed by atoms with Crippen LogP contribution in [0.4, 0.5) is 8.78 Å². The van der Waals surface area contributed by atoms with E-state index in [2.05, 4.69) is 36.6 Å². The first kappa shape index (κ1) is 11.9. The van der Waals surface area contributed by atoms with Gasteiger partial charge in [-0.25, -0.2) is 0 Å². The summed E-state index contributed by atoms with van der Waals surface area (Å²) in [6.45, 7) is -3.12. The van der Waals surface area contributed by atoms with Crippen LogP contribution >= 0.6 is 31.9 Å². The van der Waals surface area contributed by atoms with Crippen LogP contribution in [-0.2, 0) is 6.61 Å². The minimum absolute atomic E-state index is 0.00671. The van der Waals surface area contributed by atoms with Crippen LogP contribution in [0.25, 0.3) is 0 Å². The molecule has 0 saturated carbocycles. The fourth-order valence-corrected chi connectivity index (χ4v) is 2.09. The van der Waals surface area contributed by atoms with Gasteiger partial charge in [0.2, 0.25) is 0 Å². The van der Waals surface area contributed by atoms with Crippen LogP contribution < -0.4 is 4.74 Å². The van der Waals surface area contributed by atoms with Crippen LogP contribution in [0.3, 0.4) is 0 Å². The summed E-state index contributed by atoms with van der Waals surface area (Å²) in [5.74, 6) is 0.00671. The lowest BCUT2D eigenvalue weighted by atomic mass is 10.2. The summed E-state index contributed by atoms with van der Waals surface area (Å²) < 4.78 is 29.1. The number of aliphatic hydroxyl groups excluding tert-OH is 1. The highest BCUT2D eigenvalue weighted by Gasteiger charge is 2.11. The molecule has 0 atom stereocenters. The summed E-state index contributed by atoms with van der Waals surface area (Å²) in [6, 6.07) is 2.89. The second kappa shape index (κ2) is 5.04. The van der Waals surface area contributed by atoms with Crippen LogP contribution in [0.1, 0.15) is 5.56 Å². The smallest absolute Gasteiger partial charge is 0.387 e. The van der Waals surface area contributed by atoms with Gasteiger partial charge in [-0.1, -0.05) is 15.9 Å². The normalized spacial score (nSPS) is 10.7. The lowest BCUT2D eigenvalue weighted by Gasteiger charge is -2.09. The zero-order chi connectivity index (χ0) is 10.7. The van der Waals surface area contributed by atoms with Crippen molar-refractivity contribution in [2.75, 3.05) is 0 Å². The highest BCUT2D eigenvalue weighted by atomic mass is 79.9. The molecule has 0 aromatic heterocycles. The SMILES string of the molecule is OCc1cc(OC(F)F)c(Br)cc1Br. The van der Waals surface area contributed by atoms with Gasteiger partial charge in [0.15, 0.2) is 0 Å². The quantitative estimate of drug-likeness (QED) is 0.920. The van der Waals surface area contributed by atoms with E-state index in [1.165, 1.54) is 6.07 Å². The van der Waals surface area contributed by atoms with E-state index in [-0.39, 0.29) is 12.4 Å². The Hall–Kier alpha value is -0.200. The van der Waals surface area contributed by atoms with E-state index in [9.17, 15) is 8.78 Å². The van der Waals surface area contributed by atoms with Crippen LogP contribution in [0.5, 0.6) is 5.75 Å². The third kappa shape index (κ3) is 2.90. The number of hydrogen-bond donors (Lipinski definition) is 1. The van der Waals surface area contributed by atoms with E-state index in [0.717, 1.165) is 0 Å². The molecule has 0 unspecified atom stereocenters. The molecular weight excluding hydrogens is 326 g/mol. The van der Waals surface area contributed by atoms with Crippen molar-refractivity contribution in [2.45, 2.75) is 13.2 Å². The summed E-state index contributed by atoms with van der Waals surface area (Å²) in [4.78, 5) is 0. The zero-order valence-corrected chi connectivity index (χ0v) is 9.98.